The third-order valence-electron chi connectivity index (χ3n) is 4.15. The van der Waals surface area contributed by atoms with Gasteiger partial charge < -0.3 is 5.32 Å². The van der Waals surface area contributed by atoms with Gasteiger partial charge >= 0.3 is 6.18 Å². The highest BCUT2D eigenvalue weighted by atomic mass is 32.2. The first-order chi connectivity index (χ1) is 14.0. The van der Waals surface area contributed by atoms with Crippen molar-refractivity contribution in [2.45, 2.75) is 18.0 Å². The first-order valence-corrected chi connectivity index (χ1v) is 10.2. The molecule has 0 aromatic heterocycles. The van der Waals surface area contributed by atoms with Crippen molar-refractivity contribution in [3.63, 3.8) is 0 Å². The highest BCUT2D eigenvalue weighted by Crippen LogP contribution is 2.31. The van der Waals surface area contributed by atoms with E-state index in [1.165, 1.54) is 25.1 Å². The molecule has 0 saturated carbocycles. The summed E-state index contributed by atoms with van der Waals surface area (Å²) in [5.41, 5.74) is 1.06. The SMILES string of the molecule is CC(=O)Nc1ccc(-c2ccc(S(=O)(=O)Nc3cccc(C(F)(F)F)c3)cc2)cc1. The van der Waals surface area contributed by atoms with E-state index in [2.05, 4.69) is 10.0 Å². The summed E-state index contributed by atoms with van der Waals surface area (Å²) in [6.45, 7) is 1.40. The van der Waals surface area contributed by atoms with Crippen molar-refractivity contribution >= 4 is 27.3 Å². The minimum atomic E-state index is -4.57. The van der Waals surface area contributed by atoms with Gasteiger partial charge in [-0.1, -0.05) is 30.3 Å². The number of carbonyl (C=O) groups is 1. The van der Waals surface area contributed by atoms with E-state index < -0.39 is 21.8 Å². The third kappa shape index (κ3) is 5.18. The Morgan fingerprint density at radius 3 is 1.93 bits per heavy atom. The number of sulfonamides is 1. The van der Waals surface area contributed by atoms with Gasteiger partial charge in [0.25, 0.3) is 10.0 Å². The molecule has 0 heterocycles. The van der Waals surface area contributed by atoms with Gasteiger partial charge in [0, 0.05) is 18.3 Å². The van der Waals surface area contributed by atoms with Crippen LogP contribution in [-0.2, 0) is 21.0 Å². The number of carbonyl (C=O) groups excluding carboxylic acids is 1. The summed E-state index contributed by atoms with van der Waals surface area (Å²) in [4.78, 5) is 11.0. The van der Waals surface area contributed by atoms with Crippen LogP contribution in [0.4, 0.5) is 24.5 Å². The number of halogens is 3. The van der Waals surface area contributed by atoms with Crippen LogP contribution in [0.15, 0.2) is 77.7 Å². The van der Waals surface area contributed by atoms with Gasteiger partial charge in [0.05, 0.1) is 10.5 Å². The van der Waals surface area contributed by atoms with Gasteiger partial charge in [0.15, 0.2) is 0 Å². The first-order valence-electron chi connectivity index (χ1n) is 8.73. The van der Waals surface area contributed by atoms with E-state index in [0.29, 0.717) is 5.69 Å². The van der Waals surface area contributed by atoms with E-state index in [1.54, 1.807) is 36.4 Å². The molecule has 3 aromatic rings. The lowest BCUT2D eigenvalue weighted by Crippen LogP contribution is -2.14. The van der Waals surface area contributed by atoms with Crippen LogP contribution in [0.25, 0.3) is 11.1 Å². The normalized spacial score (nSPS) is 11.7. The lowest BCUT2D eigenvalue weighted by molar-refractivity contribution is -0.137. The first kappa shape index (κ1) is 21.4. The standard InChI is InChI=1S/C21H17F3N2O3S/c1-14(27)25-18-9-5-15(6-10-18)16-7-11-20(12-8-16)30(28,29)26-19-4-2-3-17(13-19)21(22,23)24/h2-13,26H,1H3,(H,25,27). The van der Waals surface area contributed by atoms with Crippen molar-refractivity contribution in [3.8, 4) is 11.1 Å². The second kappa shape index (κ2) is 8.19. The molecule has 0 bridgehead atoms. The summed E-state index contributed by atoms with van der Waals surface area (Å²) in [5, 5.41) is 2.65. The molecule has 2 N–H and O–H groups in total. The molecule has 0 aliphatic heterocycles. The zero-order valence-electron chi connectivity index (χ0n) is 15.7. The Morgan fingerprint density at radius 2 is 1.40 bits per heavy atom. The van der Waals surface area contributed by atoms with E-state index in [9.17, 15) is 26.4 Å². The Bertz CT molecular complexity index is 1160. The lowest BCUT2D eigenvalue weighted by atomic mass is 10.1. The Hall–Kier alpha value is -3.33. The molecule has 30 heavy (non-hydrogen) atoms. The minimum absolute atomic E-state index is 0.0847. The molecular formula is C21H17F3N2O3S. The van der Waals surface area contributed by atoms with Crippen LogP contribution < -0.4 is 10.0 Å². The maximum absolute atomic E-state index is 12.8. The van der Waals surface area contributed by atoms with E-state index in [-0.39, 0.29) is 16.5 Å². The average molecular weight is 434 g/mol. The maximum atomic E-state index is 12.8. The van der Waals surface area contributed by atoms with Crippen molar-refractivity contribution in [1.29, 1.82) is 0 Å². The molecular weight excluding hydrogens is 417 g/mol. The molecule has 0 aliphatic rings. The van der Waals surface area contributed by atoms with Gasteiger partial charge in [0.1, 0.15) is 0 Å². The molecule has 0 saturated heterocycles. The van der Waals surface area contributed by atoms with Crippen LogP contribution in [0.5, 0.6) is 0 Å². The number of hydrogen-bond acceptors (Lipinski definition) is 3. The highest BCUT2D eigenvalue weighted by Gasteiger charge is 2.30. The highest BCUT2D eigenvalue weighted by molar-refractivity contribution is 7.92. The van der Waals surface area contributed by atoms with Gasteiger partial charge in [-0.15, -0.1) is 0 Å². The quantitative estimate of drug-likeness (QED) is 0.585. The third-order valence-corrected chi connectivity index (χ3v) is 5.54. The lowest BCUT2D eigenvalue weighted by Gasteiger charge is -2.12. The van der Waals surface area contributed by atoms with Gasteiger partial charge in [0.2, 0.25) is 5.91 Å². The minimum Gasteiger partial charge on any atom is -0.326 e. The topological polar surface area (TPSA) is 75.3 Å². The molecule has 3 rings (SSSR count). The molecule has 0 spiro atoms. The van der Waals surface area contributed by atoms with Gasteiger partial charge in [-0.2, -0.15) is 13.2 Å². The number of anilines is 2. The maximum Gasteiger partial charge on any atom is 0.416 e. The Kier molecular flexibility index (Phi) is 5.84. The van der Waals surface area contributed by atoms with Crippen LogP contribution in [-0.4, -0.2) is 14.3 Å². The average Bonchev–Trinajstić information content (AvgIpc) is 2.67. The number of hydrogen-bond donors (Lipinski definition) is 2. The van der Waals surface area contributed by atoms with Crippen molar-refractivity contribution < 1.29 is 26.4 Å². The Balaban J connectivity index is 1.79. The largest absolute Gasteiger partial charge is 0.416 e. The van der Waals surface area contributed by atoms with Crippen LogP contribution in [0.3, 0.4) is 0 Å². The summed E-state index contributed by atoms with van der Waals surface area (Å²) in [7, 11) is -4.06. The van der Waals surface area contributed by atoms with E-state index in [1.807, 2.05) is 0 Å². The molecule has 0 atom stereocenters. The van der Waals surface area contributed by atoms with Crippen molar-refractivity contribution in [2.75, 3.05) is 10.0 Å². The molecule has 5 nitrogen and oxygen atoms in total. The number of benzene rings is 3. The van der Waals surface area contributed by atoms with Crippen LogP contribution >= 0.6 is 0 Å². The predicted molar refractivity (Wildman–Crippen MR) is 108 cm³/mol. The van der Waals surface area contributed by atoms with Gasteiger partial charge in [-0.05, 0) is 53.6 Å². The number of nitrogens with one attached hydrogen (secondary N) is 2. The van der Waals surface area contributed by atoms with Crippen LogP contribution in [0, 0.1) is 0 Å². The second-order valence-corrected chi connectivity index (χ2v) is 8.15. The van der Waals surface area contributed by atoms with Crippen molar-refractivity contribution in [2.24, 2.45) is 0 Å². The molecule has 0 unspecified atom stereocenters. The van der Waals surface area contributed by atoms with E-state index in [0.717, 1.165) is 29.3 Å². The summed E-state index contributed by atoms with van der Waals surface area (Å²) in [5.74, 6) is -0.189. The molecule has 9 heteroatoms. The molecule has 156 valence electrons. The summed E-state index contributed by atoms with van der Waals surface area (Å²) in [6, 6.07) is 16.9. The molecule has 0 aliphatic carbocycles. The summed E-state index contributed by atoms with van der Waals surface area (Å²) < 4.78 is 65.7. The predicted octanol–water partition coefficient (Wildman–Crippen LogP) is 5.13. The summed E-state index contributed by atoms with van der Waals surface area (Å²) in [6.07, 6.45) is -4.57. The van der Waals surface area contributed by atoms with E-state index >= 15 is 0 Å². The molecule has 3 aromatic carbocycles. The zero-order chi connectivity index (χ0) is 21.9. The Labute approximate surface area is 171 Å². The molecule has 1 amide bonds. The van der Waals surface area contributed by atoms with Gasteiger partial charge in [-0.3, -0.25) is 9.52 Å². The summed E-state index contributed by atoms with van der Waals surface area (Å²) >= 11 is 0. The molecule has 0 fully saturated rings. The fraction of sp³-hybridized carbons (Fsp3) is 0.0952. The van der Waals surface area contributed by atoms with Gasteiger partial charge in [-0.25, -0.2) is 8.42 Å². The Morgan fingerprint density at radius 1 is 0.833 bits per heavy atom. The van der Waals surface area contributed by atoms with Crippen molar-refractivity contribution in [1.82, 2.24) is 0 Å². The number of amides is 1. The fourth-order valence-electron chi connectivity index (χ4n) is 2.75. The smallest absolute Gasteiger partial charge is 0.326 e. The van der Waals surface area contributed by atoms with E-state index in [4.69, 9.17) is 0 Å². The fourth-order valence-corrected chi connectivity index (χ4v) is 3.80. The number of alkyl halides is 3. The molecule has 0 radical (unpaired) electrons. The van der Waals surface area contributed by atoms with Crippen LogP contribution in [0.1, 0.15) is 12.5 Å². The zero-order valence-corrected chi connectivity index (χ0v) is 16.5. The monoisotopic (exact) mass is 434 g/mol. The number of rotatable bonds is 5. The second-order valence-electron chi connectivity index (χ2n) is 6.47. The van der Waals surface area contributed by atoms with Crippen molar-refractivity contribution in [3.05, 3.63) is 78.4 Å². The van der Waals surface area contributed by atoms with Crippen LogP contribution in [0.2, 0.25) is 0 Å².